The summed E-state index contributed by atoms with van der Waals surface area (Å²) in [5.41, 5.74) is -0.180. The summed E-state index contributed by atoms with van der Waals surface area (Å²) in [4.78, 5) is 39.8. The molecule has 1 fully saturated rings. The van der Waals surface area contributed by atoms with Gasteiger partial charge in [-0.3, -0.25) is 14.7 Å². The van der Waals surface area contributed by atoms with Crippen LogP contribution >= 0.6 is 0 Å². The van der Waals surface area contributed by atoms with E-state index < -0.39 is 48.7 Å². The van der Waals surface area contributed by atoms with Crippen LogP contribution < -0.4 is 16.3 Å². The first-order chi connectivity index (χ1) is 18.7. The summed E-state index contributed by atoms with van der Waals surface area (Å²) in [6, 6.07) is 10.7. The van der Waals surface area contributed by atoms with Crippen LogP contribution in [0.2, 0.25) is 0 Å². The number of amides is 1. The molecule has 11 nitrogen and oxygen atoms in total. The summed E-state index contributed by atoms with van der Waals surface area (Å²) < 4.78 is 45.3. The van der Waals surface area contributed by atoms with Gasteiger partial charge in [-0.1, -0.05) is 38.0 Å². The van der Waals surface area contributed by atoms with Crippen LogP contribution in [0, 0.1) is 0 Å². The van der Waals surface area contributed by atoms with E-state index in [2.05, 4.69) is 15.6 Å². The Morgan fingerprint density at radius 3 is 2.62 bits per heavy atom. The maximum atomic E-state index is 14.8. The monoisotopic (exact) mass is 552 g/mol. The number of nitrogens with one attached hydrogen (secondary N) is 2. The summed E-state index contributed by atoms with van der Waals surface area (Å²) >= 11 is 0. The number of aliphatic hydroxyl groups excluding tert-OH is 1. The number of unbranched alkanes of at least 4 members (excludes halogenated alkanes) is 3. The fourth-order valence-corrected chi connectivity index (χ4v) is 3.85. The average molecular weight is 553 g/mol. The van der Waals surface area contributed by atoms with Gasteiger partial charge in [0.2, 0.25) is 6.23 Å². The fraction of sp³-hybridized carbons (Fsp3) is 0.538. The van der Waals surface area contributed by atoms with Crippen LogP contribution in [-0.4, -0.2) is 64.6 Å². The molecule has 214 valence electrons. The normalized spacial score (nSPS) is 19.8. The molecular formula is C26H34F2N4O7. The zero-order valence-corrected chi connectivity index (χ0v) is 21.7. The van der Waals surface area contributed by atoms with Gasteiger partial charge in [-0.05, 0) is 37.5 Å². The second-order valence-electron chi connectivity index (χ2n) is 9.05. The Hall–Kier alpha value is -3.58. The topological polar surface area (TPSA) is 141 Å². The minimum Gasteiger partial charge on any atom is -0.463 e. The van der Waals surface area contributed by atoms with E-state index in [1.807, 2.05) is 37.3 Å². The van der Waals surface area contributed by atoms with E-state index in [-0.39, 0.29) is 18.8 Å². The van der Waals surface area contributed by atoms with Gasteiger partial charge in [0.15, 0.2) is 6.10 Å². The zero-order valence-electron chi connectivity index (χ0n) is 21.7. The highest BCUT2D eigenvalue weighted by Crippen LogP contribution is 2.42. The molecule has 1 unspecified atom stereocenters. The number of carbonyl (C=O) groups is 2. The Morgan fingerprint density at radius 1 is 1.13 bits per heavy atom. The van der Waals surface area contributed by atoms with Crippen LogP contribution in [0.4, 0.5) is 25.1 Å². The number of aromatic nitrogens is 2. The highest BCUT2D eigenvalue weighted by atomic mass is 19.3. The van der Waals surface area contributed by atoms with Crippen molar-refractivity contribution in [2.75, 3.05) is 30.4 Å². The molecule has 1 aliphatic heterocycles. The Kier molecular flexibility index (Phi) is 11.2. The number of hydrogen-bond acceptors (Lipinski definition) is 9. The number of para-hydroxylation sites is 1. The van der Waals surface area contributed by atoms with Crippen molar-refractivity contribution in [3.63, 3.8) is 0 Å². The molecule has 1 aliphatic rings. The van der Waals surface area contributed by atoms with E-state index in [1.165, 1.54) is 0 Å². The maximum Gasteiger partial charge on any atom is 0.412 e. The van der Waals surface area contributed by atoms with Crippen molar-refractivity contribution < 1.29 is 37.7 Å². The lowest BCUT2D eigenvalue weighted by Crippen LogP contribution is -2.42. The van der Waals surface area contributed by atoms with Crippen LogP contribution in [0.1, 0.15) is 51.7 Å². The van der Waals surface area contributed by atoms with E-state index in [0.717, 1.165) is 30.8 Å². The summed E-state index contributed by atoms with van der Waals surface area (Å²) in [5, 5.41) is 15.6. The summed E-state index contributed by atoms with van der Waals surface area (Å²) in [7, 11) is 0. The van der Waals surface area contributed by atoms with Crippen LogP contribution in [-0.2, 0) is 19.0 Å². The van der Waals surface area contributed by atoms with E-state index in [0.29, 0.717) is 30.4 Å². The number of benzene rings is 1. The molecule has 0 aliphatic carbocycles. The van der Waals surface area contributed by atoms with Gasteiger partial charge in [-0.15, -0.1) is 0 Å². The van der Waals surface area contributed by atoms with Crippen LogP contribution in [0.5, 0.6) is 0 Å². The molecule has 0 radical (unpaired) electrons. The minimum absolute atomic E-state index is 0.0674. The fourth-order valence-electron chi connectivity index (χ4n) is 3.85. The molecular weight excluding hydrogens is 518 g/mol. The maximum absolute atomic E-state index is 14.8. The molecule has 2 heterocycles. The van der Waals surface area contributed by atoms with Gasteiger partial charge in [0.05, 0.1) is 6.61 Å². The third-order valence-corrected chi connectivity index (χ3v) is 5.99. The number of carbonyl (C=O) groups excluding carboxylic acids is 2. The molecule has 1 amide bonds. The first-order valence-electron chi connectivity index (χ1n) is 12.9. The van der Waals surface area contributed by atoms with Crippen molar-refractivity contribution in [2.24, 2.45) is 0 Å². The van der Waals surface area contributed by atoms with Crippen LogP contribution in [0.3, 0.4) is 0 Å². The van der Waals surface area contributed by atoms with Crippen molar-refractivity contribution in [1.29, 1.82) is 0 Å². The predicted molar refractivity (Wildman–Crippen MR) is 138 cm³/mol. The van der Waals surface area contributed by atoms with Gasteiger partial charge in [0.25, 0.3) is 0 Å². The first kappa shape index (κ1) is 30.0. The lowest BCUT2D eigenvalue weighted by atomic mass is 10.1. The lowest BCUT2D eigenvalue weighted by molar-refractivity contribution is -0.150. The second-order valence-corrected chi connectivity index (χ2v) is 9.05. The smallest absolute Gasteiger partial charge is 0.412 e. The SMILES string of the molecule is CCCCCOC(=O)Nc1ccn([C@@H]2OC(COC(=O)CCCCNc3ccccc3)[C@@H](O)C2(F)F)c(=O)n1. The molecule has 39 heavy (non-hydrogen) atoms. The quantitative estimate of drug-likeness (QED) is 0.236. The molecule has 3 atom stereocenters. The number of hydrogen-bond donors (Lipinski definition) is 3. The average Bonchev–Trinajstić information content (AvgIpc) is 3.14. The Morgan fingerprint density at radius 2 is 1.90 bits per heavy atom. The van der Waals surface area contributed by atoms with Crippen molar-refractivity contribution in [3.05, 3.63) is 53.1 Å². The van der Waals surface area contributed by atoms with E-state index in [9.17, 15) is 28.3 Å². The summed E-state index contributed by atoms with van der Waals surface area (Å²) in [6.45, 7) is 2.22. The van der Waals surface area contributed by atoms with E-state index in [4.69, 9.17) is 14.2 Å². The van der Waals surface area contributed by atoms with E-state index in [1.54, 1.807) is 0 Å². The number of nitrogens with zero attached hydrogens (tertiary/aromatic N) is 2. The number of esters is 1. The van der Waals surface area contributed by atoms with Gasteiger partial charge < -0.3 is 24.6 Å². The molecule has 0 saturated carbocycles. The summed E-state index contributed by atoms with van der Waals surface area (Å²) in [6.07, 6.45) is -2.16. The Bertz CT molecular complexity index is 1130. The summed E-state index contributed by atoms with van der Waals surface area (Å²) in [5.74, 6) is -4.69. The van der Waals surface area contributed by atoms with Gasteiger partial charge >= 0.3 is 23.7 Å². The molecule has 1 saturated heterocycles. The number of alkyl halides is 2. The molecule has 3 rings (SSSR count). The van der Waals surface area contributed by atoms with Crippen LogP contribution in [0.15, 0.2) is 47.4 Å². The molecule has 2 aromatic rings. The molecule has 13 heteroatoms. The standard InChI is InChI=1S/C26H34F2N4O7/c1-2-3-9-16-37-25(36)31-20-13-15-32(24(35)30-20)23-26(27,28)22(34)19(39-23)17-38-21(33)12-7-8-14-29-18-10-5-4-6-11-18/h4-6,10-11,13,15,19,22-23,29,34H,2-3,7-9,12,14,16-17H2,1H3,(H,30,31,35,36)/t19?,22-,23-/m1/s1. The largest absolute Gasteiger partial charge is 0.463 e. The Balaban J connectivity index is 1.46. The molecule has 0 spiro atoms. The molecule has 0 bridgehead atoms. The van der Waals surface area contributed by atoms with Crippen molar-refractivity contribution in [3.8, 4) is 0 Å². The highest BCUT2D eigenvalue weighted by molar-refractivity contribution is 5.83. The van der Waals surface area contributed by atoms with Crippen molar-refractivity contribution in [2.45, 2.75) is 69.8 Å². The number of halogens is 2. The second kappa shape index (κ2) is 14.5. The minimum atomic E-state index is -3.88. The van der Waals surface area contributed by atoms with Crippen molar-refractivity contribution in [1.82, 2.24) is 9.55 Å². The third kappa shape index (κ3) is 8.72. The van der Waals surface area contributed by atoms with E-state index >= 15 is 0 Å². The number of ether oxygens (including phenoxy) is 3. The van der Waals surface area contributed by atoms with Gasteiger partial charge in [-0.2, -0.15) is 13.8 Å². The van der Waals surface area contributed by atoms with Crippen LogP contribution in [0.25, 0.3) is 0 Å². The predicted octanol–water partition coefficient (Wildman–Crippen LogP) is 3.70. The number of anilines is 2. The molecule has 1 aromatic carbocycles. The number of aliphatic hydroxyl groups is 1. The zero-order chi connectivity index (χ0) is 28.3. The lowest BCUT2D eigenvalue weighted by Gasteiger charge is -2.21. The number of rotatable bonds is 14. The van der Waals surface area contributed by atoms with Gasteiger partial charge in [-0.25, -0.2) is 9.59 Å². The first-order valence-corrected chi connectivity index (χ1v) is 12.9. The highest BCUT2D eigenvalue weighted by Gasteiger charge is 2.60. The molecule has 3 N–H and O–H groups in total. The third-order valence-electron chi connectivity index (χ3n) is 5.99. The molecule has 1 aromatic heterocycles. The Labute approximate surface area is 224 Å². The van der Waals surface area contributed by atoms with Gasteiger partial charge in [0, 0.05) is 24.8 Å². The van der Waals surface area contributed by atoms with Gasteiger partial charge in [0.1, 0.15) is 18.5 Å². The van der Waals surface area contributed by atoms with Crippen molar-refractivity contribution >= 4 is 23.6 Å².